The maximum atomic E-state index is 13.2. The number of hydrogen-bond donors (Lipinski definition) is 1. The van der Waals surface area contributed by atoms with Crippen molar-refractivity contribution in [3.63, 3.8) is 0 Å². The molecule has 0 unspecified atom stereocenters. The Morgan fingerprint density at radius 1 is 1.10 bits per heavy atom. The zero-order valence-corrected chi connectivity index (χ0v) is 19.3. The molecule has 2 aromatic rings. The first-order valence-corrected chi connectivity index (χ1v) is 12.3. The monoisotopic (exact) mass is 433 g/mol. The van der Waals surface area contributed by atoms with Gasteiger partial charge in [0, 0.05) is 35.5 Å². The highest BCUT2D eigenvalue weighted by Gasteiger charge is 2.21. The van der Waals surface area contributed by atoms with Gasteiger partial charge in [0.05, 0.1) is 5.69 Å². The number of amides is 1. The summed E-state index contributed by atoms with van der Waals surface area (Å²) >= 11 is 1.94. The first kappa shape index (κ1) is 21.7. The number of thioether (sulfide) groups is 1. The van der Waals surface area contributed by atoms with E-state index in [4.69, 9.17) is 5.73 Å². The summed E-state index contributed by atoms with van der Waals surface area (Å²) in [7, 11) is 0. The summed E-state index contributed by atoms with van der Waals surface area (Å²) in [6.07, 6.45) is 6.69. The predicted octanol–water partition coefficient (Wildman–Crippen LogP) is 5.82. The van der Waals surface area contributed by atoms with Crippen LogP contribution in [0.4, 0.5) is 5.69 Å². The first-order chi connectivity index (χ1) is 15.1. The molecule has 1 amide bonds. The van der Waals surface area contributed by atoms with E-state index < -0.39 is 0 Å². The molecular formula is C26H31N3OS. The van der Waals surface area contributed by atoms with Gasteiger partial charge in [-0.05, 0) is 66.3 Å². The van der Waals surface area contributed by atoms with E-state index in [0.29, 0.717) is 12.3 Å². The summed E-state index contributed by atoms with van der Waals surface area (Å²) in [4.78, 5) is 21.1. The Labute approximate surface area is 189 Å². The van der Waals surface area contributed by atoms with Crippen molar-refractivity contribution in [1.29, 1.82) is 0 Å². The van der Waals surface area contributed by atoms with E-state index in [2.05, 4.69) is 55.2 Å². The van der Waals surface area contributed by atoms with E-state index in [1.165, 1.54) is 34.6 Å². The second-order valence-electron chi connectivity index (χ2n) is 8.29. The number of fused-ring (bicyclic) bond motifs is 2. The molecule has 4 nitrogen and oxygen atoms in total. The minimum absolute atomic E-state index is 0.0745. The van der Waals surface area contributed by atoms with Gasteiger partial charge in [0.2, 0.25) is 5.91 Å². The SMILES string of the molecule is CCCN(CCC)C(=O)C1=Cc2ccc(-c3ccc4c(c3)SCCC4)cc2N=C(N)C1. The summed E-state index contributed by atoms with van der Waals surface area (Å²) < 4.78 is 0. The highest BCUT2D eigenvalue weighted by atomic mass is 32.2. The molecule has 31 heavy (non-hydrogen) atoms. The predicted molar refractivity (Wildman–Crippen MR) is 132 cm³/mol. The van der Waals surface area contributed by atoms with Crippen LogP contribution in [0.5, 0.6) is 0 Å². The van der Waals surface area contributed by atoms with Gasteiger partial charge >= 0.3 is 0 Å². The summed E-state index contributed by atoms with van der Waals surface area (Å²) in [6, 6.07) is 13.0. The van der Waals surface area contributed by atoms with Gasteiger partial charge in [-0.25, -0.2) is 4.99 Å². The van der Waals surface area contributed by atoms with Crippen LogP contribution in [0.1, 0.15) is 50.7 Å². The molecule has 0 radical (unpaired) electrons. The third-order valence-electron chi connectivity index (χ3n) is 5.79. The Balaban J connectivity index is 1.67. The fraction of sp³-hybridized carbons (Fsp3) is 0.385. The average Bonchev–Trinajstić information content (AvgIpc) is 2.95. The maximum absolute atomic E-state index is 13.2. The molecule has 0 aliphatic carbocycles. The van der Waals surface area contributed by atoms with Crippen molar-refractivity contribution in [2.24, 2.45) is 10.7 Å². The third-order valence-corrected chi connectivity index (χ3v) is 6.98. The Morgan fingerprint density at radius 3 is 2.61 bits per heavy atom. The number of nitrogens with two attached hydrogens (primary N) is 1. The van der Waals surface area contributed by atoms with E-state index in [1.807, 2.05) is 22.7 Å². The van der Waals surface area contributed by atoms with Crippen molar-refractivity contribution in [1.82, 2.24) is 4.90 Å². The van der Waals surface area contributed by atoms with Gasteiger partial charge in [-0.15, -0.1) is 11.8 Å². The number of hydrogen-bond acceptors (Lipinski definition) is 4. The van der Waals surface area contributed by atoms with Crippen LogP contribution >= 0.6 is 11.8 Å². The molecule has 2 heterocycles. The lowest BCUT2D eigenvalue weighted by Gasteiger charge is -2.22. The Kier molecular flexibility index (Phi) is 6.81. The molecule has 4 rings (SSSR count). The molecule has 0 saturated heterocycles. The van der Waals surface area contributed by atoms with E-state index in [1.54, 1.807) is 0 Å². The Bertz CT molecular complexity index is 1030. The molecule has 162 valence electrons. The molecular weight excluding hydrogens is 402 g/mol. The second-order valence-corrected chi connectivity index (χ2v) is 9.43. The van der Waals surface area contributed by atoms with Crippen LogP contribution in [-0.2, 0) is 11.2 Å². The van der Waals surface area contributed by atoms with Gasteiger partial charge in [0.25, 0.3) is 0 Å². The fourth-order valence-electron chi connectivity index (χ4n) is 4.29. The van der Waals surface area contributed by atoms with E-state index in [0.717, 1.165) is 48.3 Å². The average molecular weight is 434 g/mol. The fourth-order valence-corrected chi connectivity index (χ4v) is 5.36. The molecule has 0 bridgehead atoms. The van der Waals surface area contributed by atoms with Gasteiger partial charge in [0.15, 0.2) is 0 Å². The quantitative estimate of drug-likeness (QED) is 0.625. The van der Waals surface area contributed by atoms with Crippen molar-refractivity contribution in [2.75, 3.05) is 18.8 Å². The Morgan fingerprint density at radius 2 is 1.84 bits per heavy atom. The normalized spacial score (nSPS) is 15.3. The van der Waals surface area contributed by atoms with Crippen molar-refractivity contribution >= 4 is 35.3 Å². The van der Waals surface area contributed by atoms with Gasteiger partial charge in [0.1, 0.15) is 5.84 Å². The van der Waals surface area contributed by atoms with Gasteiger partial charge in [-0.2, -0.15) is 0 Å². The van der Waals surface area contributed by atoms with Crippen LogP contribution in [0.25, 0.3) is 17.2 Å². The molecule has 2 aliphatic rings. The first-order valence-electron chi connectivity index (χ1n) is 11.3. The second kappa shape index (κ2) is 9.73. The van der Waals surface area contributed by atoms with Gasteiger partial charge in [-0.3, -0.25) is 4.79 Å². The molecule has 0 saturated carbocycles. The molecule has 0 atom stereocenters. The summed E-state index contributed by atoms with van der Waals surface area (Å²) in [5.41, 5.74) is 12.5. The molecule has 0 aromatic heterocycles. The maximum Gasteiger partial charge on any atom is 0.250 e. The lowest BCUT2D eigenvalue weighted by atomic mass is 9.99. The number of benzene rings is 2. The highest BCUT2D eigenvalue weighted by molar-refractivity contribution is 7.99. The number of carbonyl (C=O) groups is 1. The highest BCUT2D eigenvalue weighted by Crippen LogP contribution is 2.36. The lowest BCUT2D eigenvalue weighted by Crippen LogP contribution is -2.34. The minimum Gasteiger partial charge on any atom is -0.387 e. The zero-order chi connectivity index (χ0) is 21.8. The molecule has 2 aromatic carbocycles. The number of nitrogens with zero attached hydrogens (tertiary/aromatic N) is 2. The standard InChI is InChI=1S/C26H31N3OS/c1-3-11-29(12-4-2)26(30)22-14-21-10-9-19(15-23(21)28-25(27)17-22)20-8-7-18-6-5-13-31-24(18)16-20/h7-10,14-16H,3-6,11-13,17H2,1-2H3,(H2,27,28). The van der Waals surface area contributed by atoms with Gasteiger partial charge < -0.3 is 10.6 Å². The van der Waals surface area contributed by atoms with Gasteiger partial charge in [-0.1, -0.05) is 38.1 Å². The molecule has 5 heteroatoms. The number of amidine groups is 1. The van der Waals surface area contributed by atoms with Crippen LogP contribution in [0.2, 0.25) is 0 Å². The van der Waals surface area contributed by atoms with Crippen LogP contribution in [-0.4, -0.2) is 35.5 Å². The minimum atomic E-state index is 0.0745. The van der Waals surface area contributed by atoms with E-state index in [-0.39, 0.29) is 5.91 Å². The smallest absolute Gasteiger partial charge is 0.250 e. The van der Waals surface area contributed by atoms with E-state index >= 15 is 0 Å². The number of carbonyl (C=O) groups excluding carboxylic acids is 1. The topological polar surface area (TPSA) is 58.7 Å². The van der Waals surface area contributed by atoms with E-state index in [9.17, 15) is 4.79 Å². The number of rotatable bonds is 6. The van der Waals surface area contributed by atoms with Crippen molar-refractivity contribution < 1.29 is 4.79 Å². The van der Waals surface area contributed by atoms with Crippen LogP contribution in [0.3, 0.4) is 0 Å². The van der Waals surface area contributed by atoms with Crippen molar-refractivity contribution in [3.8, 4) is 11.1 Å². The molecule has 2 aliphatic heterocycles. The lowest BCUT2D eigenvalue weighted by molar-refractivity contribution is -0.127. The number of aryl methyl sites for hydroxylation is 1. The van der Waals surface area contributed by atoms with Crippen LogP contribution in [0.15, 0.2) is 51.9 Å². The molecule has 2 N–H and O–H groups in total. The summed E-state index contributed by atoms with van der Waals surface area (Å²) in [5, 5.41) is 0. The summed E-state index contributed by atoms with van der Waals surface area (Å²) in [5.74, 6) is 1.76. The molecule has 0 spiro atoms. The number of aliphatic imine (C=N–C) groups is 1. The third kappa shape index (κ3) is 4.87. The van der Waals surface area contributed by atoms with Crippen LogP contribution in [0, 0.1) is 0 Å². The summed E-state index contributed by atoms with van der Waals surface area (Å²) in [6.45, 7) is 5.74. The Hall–Kier alpha value is -2.53. The van der Waals surface area contributed by atoms with Crippen molar-refractivity contribution in [3.05, 3.63) is 53.1 Å². The molecule has 0 fully saturated rings. The van der Waals surface area contributed by atoms with Crippen LogP contribution < -0.4 is 5.73 Å². The zero-order valence-electron chi connectivity index (χ0n) is 18.5. The van der Waals surface area contributed by atoms with Crippen molar-refractivity contribution in [2.45, 2.75) is 50.8 Å². The largest absolute Gasteiger partial charge is 0.387 e.